The molecule has 2 nitrogen and oxygen atoms in total. The lowest BCUT2D eigenvalue weighted by Crippen LogP contribution is -2.27. The number of hydrogen-bond donors (Lipinski definition) is 1. The first-order valence-corrected chi connectivity index (χ1v) is 3.20. The van der Waals surface area contributed by atoms with Crippen LogP contribution in [-0.4, -0.2) is 26.9 Å². The predicted octanol–water partition coefficient (Wildman–Crippen LogP) is 0.933. The van der Waals surface area contributed by atoms with Crippen LogP contribution in [0.1, 0.15) is 13.8 Å². The standard InChI is InChI=1S/C7H16N2/c1-7(2,5-8-3)6-9-4/h5,9H,6H2,1-4H3. The van der Waals surface area contributed by atoms with Crippen LogP contribution in [0.15, 0.2) is 4.99 Å². The lowest BCUT2D eigenvalue weighted by atomic mass is 9.96. The summed E-state index contributed by atoms with van der Waals surface area (Å²) in [5.74, 6) is 0. The molecule has 0 unspecified atom stereocenters. The van der Waals surface area contributed by atoms with Crippen molar-refractivity contribution in [2.75, 3.05) is 20.6 Å². The van der Waals surface area contributed by atoms with Crippen molar-refractivity contribution >= 4 is 6.21 Å². The van der Waals surface area contributed by atoms with Gasteiger partial charge in [0.25, 0.3) is 0 Å². The van der Waals surface area contributed by atoms with Gasteiger partial charge in [0.15, 0.2) is 0 Å². The molecule has 0 saturated carbocycles. The molecule has 0 fully saturated rings. The number of nitrogens with zero attached hydrogens (tertiary/aromatic N) is 1. The zero-order chi connectivity index (χ0) is 7.33. The quantitative estimate of drug-likeness (QED) is 0.562. The molecule has 0 amide bonds. The van der Waals surface area contributed by atoms with Crippen molar-refractivity contribution in [2.45, 2.75) is 13.8 Å². The SMILES string of the molecule is CN=CC(C)(C)CNC. The molecule has 0 aromatic carbocycles. The van der Waals surface area contributed by atoms with Crippen molar-refractivity contribution in [3.63, 3.8) is 0 Å². The van der Waals surface area contributed by atoms with E-state index >= 15 is 0 Å². The third-order valence-electron chi connectivity index (χ3n) is 1.11. The maximum atomic E-state index is 3.96. The Hall–Kier alpha value is -0.370. The van der Waals surface area contributed by atoms with Gasteiger partial charge in [-0.3, -0.25) is 0 Å². The zero-order valence-electron chi connectivity index (χ0n) is 6.73. The molecule has 1 N–H and O–H groups in total. The Labute approximate surface area is 57.4 Å². The number of aliphatic imine (C=N–C) groups is 1. The average molecular weight is 128 g/mol. The van der Waals surface area contributed by atoms with Gasteiger partial charge in [-0.1, -0.05) is 13.8 Å². The van der Waals surface area contributed by atoms with E-state index in [1.54, 1.807) is 7.05 Å². The van der Waals surface area contributed by atoms with Gasteiger partial charge in [0, 0.05) is 25.2 Å². The third kappa shape index (κ3) is 4.15. The Morgan fingerprint density at radius 3 is 2.44 bits per heavy atom. The molecule has 0 aromatic rings. The summed E-state index contributed by atoms with van der Waals surface area (Å²) in [5.41, 5.74) is 0.198. The fourth-order valence-electron chi connectivity index (χ4n) is 0.851. The third-order valence-corrected chi connectivity index (χ3v) is 1.11. The first-order valence-electron chi connectivity index (χ1n) is 3.20. The molecule has 0 rings (SSSR count). The van der Waals surface area contributed by atoms with Gasteiger partial charge in [-0.25, -0.2) is 0 Å². The van der Waals surface area contributed by atoms with E-state index in [4.69, 9.17) is 0 Å². The number of rotatable bonds is 3. The van der Waals surface area contributed by atoms with E-state index < -0.39 is 0 Å². The molecular weight excluding hydrogens is 112 g/mol. The Morgan fingerprint density at radius 2 is 2.11 bits per heavy atom. The Morgan fingerprint density at radius 1 is 1.56 bits per heavy atom. The van der Waals surface area contributed by atoms with Gasteiger partial charge < -0.3 is 10.3 Å². The van der Waals surface area contributed by atoms with Crippen LogP contribution in [-0.2, 0) is 0 Å². The van der Waals surface area contributed by atoms with Gasteiger partial charge in [0.1, 0.15) is 0 Å². The van der Waals surface area contributed by atoms with Gasteiger partial charge in [0.2, 0.25) is 0 Å². The first kappa shape index (κ1) is 8.63. The molecule has 0 aliphatic heterocycles. The van der Waals surface area contributed by atoms with Crippen molar-refractivity contribution in [1.82, 2.24) is 5.32 Å². The normalized spacial score (nSPS) is 12.9. The molecule has 54 valence electrons. The van der Waals surface area contributed by atoms with Crippen LogP contribution < -0.4 is 5.32 Å². The number of hydrogen-bond acceptors (Lipinski definition) is 2. The summed E-state index contributed by atoms with van der Waals surface area (Å²) in [7, 11) is 3.75. The molecule has 0 heterocycles. The van der Waals surface area contributed by atoms with Crippen LogP contribution in [0.2, 0.25) is 0 Å². The van der Waals surface area contributed by atoms with Gasteiger partial charge in [-0.15, -0.1) is 0 Å². The highest BCUT2D eigenvalue weighted by molar-refractivity contribution is 5.64. The number of nitrogens with one attached hydrogen (secondary N) is 1. The highest BCUT2D eigenvalue weighted by atomic mass is 14.8. The minimum absolute atomic E-state index is 0.198. The lowest BCUT2D eigenvalue weighted by Gasteiger charge is -2.17. The van der Waals surface area contributed by atoms with Crippen LogP contribution in [0.3, 0.4) is 0 Å². The molecular formula is C7H16N2. The molecule has 0 saturated heterocycles. The summed E-state index contributed by atoms with van der Waals surface area (Å²) in [4.78, 5) is 3.96. The summed E-state index contributed by atoms with van der Waals surface area (Å²) >= 11 is 0. The van der Waals surface area contributed by atoms with Gasteiger partial charge in [-0.05, 0) is 7.05 Å². The van der Waals surface area contributed by atoms with Crippen LogP contribution in [0.25, 0.3) is 0 Å². The smallest absolute Gasteiger partial charge is 0.0273 e. The van der Waals surface area contributed by atoms with E-state index in [1.165, 1.54) is 0 Å². The highest BCUT2D eigenvalue weighted by Crippen LogP contribution is 2.08. The monoisotopic (exact) mass is 128 g/mol. The molecule has 9 heavy (non-hydrogen) atoms. The van der Waals surface area contributed by atoms with E-state index in [2.05, 4.69) is 24.2 Å². The molecule has 0 atom stereocenters. The fourth-order valence-corrected chi connectivity index (χ4v) is 0.851. The fraction of sp³-hybridized carbons (Fsp3) is 0.857. The Kier molecular flexibility index (Phi) is 3.47. The van der Waals surface area contributed by atoms with E-state index in [-0.39, 0.29) is 5.41 Å². The van der Waals surface area contributed by atoms with Crippen molar-refractivity contribution in [1.29, 1.82) is 0 Å². The van der Waals surface area contributed by atoms with Crippen LogP contribution in [0, 0.1) is 5.41 Å². The van der Waals surface area contributed by atoms with Gasteiger partial charge in [0.05, 0.1) is 0 Å². The Bertz CT molecular complexity index is 95.1. The zero-order valence-corrected chi connectivity index (χ0v) is 6.73. The van der Waals surface area contributed by atoms with Crippen molar-refractivity contribution in [3.05, 3.63) is 0 Å². The van der Waals surface area contributed by atoms with Crippen LogP contribution >= 0.6 is 0 Å². The van der Waals surface area contributed by atoms with E-state index in [0.29, 0.717) is 0 Å². The van der Waals surface area contributed by atoms with Gasteiger partial charge in [-0.2, -0.15) is 0 Å². The second-order valence-corrected chi connectivity index (χ2v) is 2.91. The largest absolute Gasteiger partial charge is 0.319 e. The molecule has 0 aliphatic carbocycles. The van der Waals surface area contributed by atoms with Crippen LogP contribution in [0.5, 0.6) is 0 Å². The van der Waals surface area contributed by atoms with Crippen molar-refractivity contribution < 1.29 is 0 Å². The molecule has 0 radical (unpaired) electrons. The van der Waals surface area contributed by atoms with Crippen LogP contribution in [0.4, 0.5) is 0 Å². The summed E-state index contributed by atoms with van der Waals surface area (Å²) < 4.78 is 0. The minimum atomic E-state index is 0.198. The molecule has 2 heteroatoms. The summed E-state index contributed by atoms with van der Waals surface area (Å²) in [6, 6.07) is 0. The van der Waals surface area contributed by atoms with Crippen molar-refractivity contribution in [2.24, 2.45) is 10.4 Å². The second kappa shape index (κ2) is 3.62. The summed E-state index contributed by atoms with van der Waals surface area (Å²) in [6.07, 6.45) is 1.96. The average Bonchev–Trinajstić information content (AvgIpc) is 1.64. The Balaban J connectivity index is 3.70. The summed E-state index contributed by atoms with van der Waals surface area (Å²) in [5, 5.41) is 3.10. The molecule has 0 bridgehead atoms. The maximum Gasteiger partial charge on any atom is 0.0273 e. The maximum absolute atomic E-state index is 3.96. The molecule has 0 aromatic heterocycles. The first-order chi connectivity index (χ1) is 4.12. The lowest BCUT2D eigenvalue weighted by molar-refractivity contribution is 0.501. The van der Waals surface area contributed by atoms with Crippen molar-refractivity contribution in [3.8, 4) is 0 Å². The van der Waals surface area contributed by atoms with Gasteiger partial charge >= 0.3 is 0 Å². The van der Waals surface area contributed by atoms with E-state index in [9.17, 15) is 0 Å². The molecule has 0 aliphatic rings. The molecule has 0 spiro atoms. The minimum Gasteiger partial charge on any atom is -0.319 e. The topological polar surface area (TPSA) is 24.4 Å². The van der Waals surface area contributed by atoms with E-state index in [0.717, 1.165) is 6.54 Å². The second-order valence-electron chi connectivity index (χ2n) is 2.91. The van der Waals surface area contributed by atoms with E-state index in [1.807, 2.05) is 13.3 Å². The highest BCUT2D eigenvalue weighted by Gasteiger charge is 2.11. The predicted molar refractivity (Wildman–Crippen MR) is 42.1 cm³/mol. The summed E-state index contributed by atoms with van der Waals surface area (Å²) in [6.45, 7) is 5.28.